The van der Waals surface area contributed by atoms with Crippen molar-refractivity contribution in [2.24, 2.45) is 0 Å². The molecule has 178 valence electrons. The summed E-state index contributed by atoms with van der Waals surface area (Å²) in [5, 5.41) is 23.5. The molecule has 0 spiro atoms. The minimum Gasteiger partial charge on any atom is -0.508 e. The van der Waals surface area contributed by atoms with Crippen molar-refractivity contribution in [3.8, 4) is 5.75 Å². The maximum Gasteiger partial charge on any atom is 0.408 e. The van der Waals surface area contributed by atoms with Gasteiger partial charge in [0, 0.05) is 11.6 Å². The number of carbonyl (C=O) groups is 4. The van der Waals surface area contributed by atoms with Gasteiger partial charge in [-0.15, -0.1) is 23.4 Å². The first-order chi connectivity index (χ1) is 15.4. The second-order valence-electron chi connectivity index (χ2n) is 8.46. The van der Waals surface area contributed by atoms with Crippen LogP contribution in [0.4, 0.5) is 4.79 Å². The average Bonchev–Trinajstić information content (AvgIpc) is 2.73. The van der Waals surface area contributed by atoms with Crippen molar-refractivity contribution >= 4 is 47.2 Å². The van der Waals surface area contributed by atoms with Crippen molar-refractivity contribution in [2.45, 2.75) is 43.8 Å². The predicted molar refractivity (Wildman–Crippen MR) is 121 cm³/mol. The zero-order valence-electron chi connectivity index (χ0n) is 18.1. The summed E-state index contributed by atoms with van der Waals surface area (Å²) in [5.41, 5.74) is -0.182. The minimum atomic E-state index is -1.26. The molecule has 3 amide bonds. The van der Waals surface area contributed by atoms with Gasteiger partial charge in [0.2, 0.25) is 5.91 Å². The number of alkyl carbamates (subject to hydrolysis) is 1. The fourth-order valence-corrected chi connectivity index (χ4v) is 5.09. The highest BCUT2D eigenvalue weighted by molar-refractivity contribution is 8.00. The molecule has 12 heteroatoms. The van der Waals surface area contributed by atoms with Crippen LogP contribution in [0.25, 0.3) is 0 Å². The van der Waals surface area contributed by atoms with Gasteiger partial charge in [-0.2, -0.15) is 0 Å². The standard InChI is InChI=1S/C21H24ClN3O7S/c1-21(2,3)32-20(31)24-13(10-4-6-12(26)7-5-10)16(27)23-14-17(28)25-15(19(29)30)11(8-22)9-33-18(14)25/h4-7,13-14,18,26H,8-9H2,1-3H3,(H,23,27)(H,24,31)(H,29,30)/t13?,14?,18-/m0/s1. The number of carboxylic acid groups (broad SMARTS) is 1. The van der Waals surface area contributed by atoms with E-state index >= 15 is 0 Å². The number of thioether (sulfide) groups is 1. The van der Waals surface area contributed by atoms with E-state index in [1.165, 1.54) is 36.0 Å². The topological polar surface area (TPSA) is 145 Å². The molecule has 2 unspecified atom stereocenters. The fourth-order valence-electron chi connectivity index (χ4n) is 3.42. The molecule has 3 rings (SSSR count). The molecule has 0 saturated carbocycles. The summed E-state index contributed by atoms with van der Waals surface area (Å²) < 4.78 is 5.24. The van der Waals surface area contributed by atoms with Crippen molar-refractivity contribution in [1.29, 1.82) is 0 Å². The lowest BCUT2D eigenvalue weighted by atomic mass is 10.0. The molecule has 2 heterocycles. The smallest absolute Gasteiger partial charge is 0.408 e. The zero-order chi connectivity index (χ0) is 24.5. The normalized spacial score (nSPS) is 21.0. The molecule has 2 aliphatic rings. The Balaban J connectivity index is 1.79. The van der Waals surface area contributed by atoms with E-state index in [2.05, 4.69) is 10.6 Å². The number of ether oxygens (including phenoxy) is 1. The van der Waals surface area contributed by atoms with Crippen LogP contribution in [0.2, 0.25) is 0 Å². The number of halogens is 1. The van der Waals surface area contributed by atoms with E-state index in [0.29, 0.717) is 16.9 Å². The lowest BCUT2D eigenvalue weighted by molar-refractivity contribution is -0.151. The van der Waals surface area contributed by atoms with Crippen molar-refractivity contribution in [2.75, 3.05) is 11.6 Å². The van der Waals surface area contributed by atoms with Crippen molar-refractivity contribution in [3.63, 3.8) is 0 Å². The number of carboxylic acids is 1. The van der Waals surface area contributed by atoms with Crippen LogP contribution >= 0.6 is 23.4 Å². The zero-order valence-corrected chi connectivity index (χ0v) is 19.7. The lowest BCUT2D eigenvalue weighted by Gasteiger charge is -2.49. The highest BCUT2D eigenvalue weighted by Gasteiger charge is 2.54. The second kappa shape index (κ2) is 9.52. The van der Waals surface area contributed by atoms with Gasteiger partial charge in [0.25, 0.3) is 5.91 Å². The summed E-state index contributed by atoms with van der Waals surface area (Å²) in [6.07, 6.45) is -0.841. The molecule has 0 aromatic heterocycles. The lowest BCUT2D eigenvalue weighted by Crippen LogP contribution is -2.71. The second-order valence-corrected chi connectivity index (χ2v) is 9.83. The van der Waals surface area contributed by atoms with Gasteiger partial charge >= 0.3 is 12.1 Å². The predicted octanol–water partition coefficient (Wildman–Crippen LogP) is 1.94. The number of alkyl halides is 1. The van der Waals surface area contributed by atoms with Gasteiger partial charge in [-0.25, -0.2) is 9.59 Å². The van der Waals surface area contributed by atoms with E-state index in [0.717, 1.165) is 4.90 Å². The Morgan fingerprint density at radius 3 is 2.45 bits per heavy atom. The number of fused-ring (bicyclic) bond motifs is 1. The molecule has 10 nitrogen and oxygen atoms in total. The maximum absolute atomic E-state index is 13.1. The Morgan fingerprint density at radius 2 is 1.91 bits per heavy atom. The van der Waals surface area contributed by atoms with Gasteiger partial charge in [-0.05, 0) is 44.0 Å². The van der Waals surface area contributed by atoms with Gasteiger partial charge in [-0.3, -0.25) is 14.5 Å². The van der Waals surface area contributed by atoms with Crippen LogP contribution in [0.3, 0.4) is 0 Å². The molecule has 4 N–H and O–H groups in total. The first kappa shape index (κ1) is 24.7. The molecule has 2 aliphatic heterocycles. The van der Waals surface area contributed by atoms with Crippen LogP contribution in [0.1, 0.15) is 32.4 Å². The number of benzene rings is 1. The highest BCUT2D eigenvalue weighted by atomic mass is 35.5. The Labute approximate surface area is 199 Å². The molecule has 1 aromatic carbocycles. The molecular weight excluding hydrogens is 474 g/mol. The number of carbonyl (C=O) groups excluding carboxylic acids is 3. The van der Waals surface area contributed by atoms with Crippen molar-refractivity contribution < 1.29 is 34.1 Å². The average molecular weight is 498 g/mol. The largest absolute Gasteiger partial charge is 0.508 e. The van der Waals surface area contributed by atoms with E-state index in [9.17, 15) is 29.4 Å². The Morgan fingerprint density at radius 1 is 1.27 bits per heavy atom. The first-order valence-electron chi connectivity index (χ1n) is 9.97. The van der Waals surface area contributed by atoms with E-state index in [1.54, 1.807) is 20.8 Å². The number of hydrogen-bond donors (Lipinski definition) is 4. The number of phenols is 1. The first-order valence-corrected chi connectivity index (χ1v) is 11.6. The van der Waals surface area contributed by atoms with Crippen molar-refractivity contribution in [3.05, 3.63) is 41.1 Å². The fraction of sp³-hybridized carbons (Fsp3) is 0.429. The maximum atomic E-state index is 13.1. The summed E-state index contributed by atoms with van der Waals surface area (Å²) in [6.45, 7) is 5.02. The molecule has 0 radical (unpaired) electrons. The van der Waals surface area contributed by atoms with Crippen LogP contribution in [-0.4, -0.2) is 67.6 Å². The summed E-state index contributed by atoms with van der Waals surface area (Å²) in [5.74, 6) is -2.27. The molecule has 33 heavy (non-hydrogen) atoms. The van der Waals surface area contributed by atoms with Crippen LogP contribution in [0.15, 0.2) is 35.5 Å². The third-order valence-electron chi connectivity index (χ3n) is 4.86. The van der Waals surface area contributed by atoms with Gasteiger partial charge in [0.05, 0.1) is 0 Å². The molecular formula is C21H24ClN3O7S. The Hall–Kier alpha value is -2.92. The number of aliphatic carboxylic acids is 1. The SMILES string of the molecule is CC(C)(C)OC(=O)NC(C(=O)NC1C(=O)N2C(C(=O)O)=C(CCl)CS[C@@H]12)c1ccc(O)cc1. The summed E-state index contributed by atoms with van der Waals surface area (Å²) in [4.78, 5) is 51.0. The number of nitrogens with one attached hydrogen (secondary N) is 2. The van der Waals surface area contributed by atoms with Crippen LogP contribution in [-0.2, 0) is 19.1 Å². The number of nitrogens with zero attached hydrogens (tertiary/aromatic N) is 1. The number of aromatic hydroxyl groups is 1. The molecule has 0 bridgehead atoms. The molecule has 3 atom stereocenters. The summed E-state index contributed by atoms with van der Waals surface area (Å²) >= 11 is 7.12. The molecule has 1 saturated heterocycles. The van der Waals surface area contributed by atoms with Crippen LogP contribution < -0.4 is 10.6 Å². The number of hydrogen-bond acceptors (Lipinski definition) is 7. The van der Waals surface area contributed by atoms with Crippen LogP contribution in [0, 0.1) is 0 Å². The third kappa shape index (κ3) is 5.36. The van der Waals surface area contributed by atoms with E-state index < -0.39 is 46.9 Å². The number of phenolic OH excluding ortho intramolecular Hbond substituents is 1. The van der Waals surface area contributed by atoms with Gasteiger partial charge in [0.15, 0.2) is 0 Å². The highest BCUT2D eigenvalue weighted by Crippen LogP contribution is 2.40. The molecule has 1 aromatic rings. The summed E-state index contributed by atoms with van der Waals surface area (Å²) in [6, 6.07) is 3.44. The summed E-state index contributed by atoms with van der Waals surface area (Å²) in [7, 11) is 0. The Kier molecular flexibility index (Phi) is 7.13. The van der Waals surface area contributed by atoms with E-state index in [-0.39, 0.29) is 17.3 Å². The van der Waals surface area contributed by atoms with Gasteiger partial charge in [-0.1, -0.05) is 12.1 Å². The van der Waals surface area contributed by atoms with Gasteiger partial charge in [0.1, 0.15) is 34.5 Å². The quantitative estimate of drug-likeness (QED) is 0.344. The van der Waals surface area contributed by atoms with Crippen LogP contribution in [0.5, 0.6) is 5.75 Å². The number of β-lactam (4-membered cyclic amide) rings is 1. The Bertz CT molecular complexity index is 1010. The van der Waals surface area contributed by atoms with E-state index in [4.69, 9.17) is 16.3 Å². The molecule has 1 fully saturated rings. The van der Waals surface area contributed by atoms with E-state index in [1.807, 2.05) is 0 Å². The number of rotatable bonds is 6. The van der Waals surface area contributed by atoms with Gasteiger partial charge < -0.3 is 25.6 Å². The van der Waals surface area contributed by atoms with Crippen molar-refractivity contribution in [1.82, 2.24) is 15.5 Å². The minimum absolute atomic E-state index is 0.0229. The third-order valence-corrected chi connectivity index (χ3v) is 6.52. The monoisotopic (exact) mass is 497 g/mol. The molecule has 0 aliphatic carbocycles. The number of amides is 3.